The topological polar surface area (TPSA) is 51.0 Å². The van der Waals surface area contributed by atoms with E-state index in [-0.39, 0.29) is 0 Å². The lowest BCUT2D eigenvalue weighted by Gasteiger charge is -1.96. The summed E-state index contributed by atoms with van der Waals surface area (Å²) in [7, 11) is 0. The summed E-state index contributed by atoms with van der Waals surface area (Å²) < 4.78 is 5.11. The number of hydrogen-bond acceptors (Lipinski definition) is 4. The molecule has 0 spiro atoms. The van der Waals surface area contributed by atoms with Gasteiger partial charge in [0.1, 0.15) is 0 Å². The van der Waals surface area contributed by atoms with Crippen LogP contribution in [-0.4, -0.2) is 16.2 Å². The van der Waals surface area contributed by atoms with E-state index in [0.717, 1.165) is 10.6 Å². The van der Waals surface area contributed by atoms with E-state index in [0.29, 0.717) is 24.3 Å². The molecule has 4 nitrogen and oxygen atoms in total. The number of rotatable bonds is 4. The highest BCUT2D eigenvalue weighted by Gasteiger charge is 2.23. The van der Waals surface area contributed by atoms with Crippen LogP contribution < -0.4 is 5.32 Å². The van der Waals surface area contributed by atoms with Crippen molar-refractivity contribution in [3.05, 3.63) is 40.7 Å². The van der Waals surface area contributed by atoms with Crippen molar-refractivity contribution in [2.75, 3.05) is 5.32 Å². The quantitative estimate of drug-likeness (QED) is 0.905. The van der Waals surface area contributed by atoms with Gasteiger partial charge in [-0.1, -0.05) is 28.9 Å². The van der Waals surface area contributed by atoms with Gasteiger partial charge in [0.05, 0.1) is 0 Å². The summed E-state index contributed by atoms with van der Waals surface area (Å²) in [6.45, 7) is 0. The van der Waals surface area contributed by atoms with Crippen LogP contribution in [-0.2, 0) is 6.42 Å². The van der Waals surface area contributed by atoms with Gasteiger partial charge in [0.15, 0.2) is 5.82 Å². The Kier molecular flexibility index (Phi) is 2.73. The predicted molar refractivity (Wildman–Crippen MR) is 65.2 cm³/mol. The number of anilines is 1. The van der Waals surface area contributed by atoms with Crippen molar-refractivity contribution in [3.8, 4) is 0 Å². The third-order valence-electron chi connectivity index (χ3n) is 2.65. The lowest BCUT2D eigenvalue weighted by Crippen LogP contribution is -2.00. The fourth-order valence-corrected chi connectivity index (χ4v) is 1.70. The summed E-state index contributed by atoms with van der Waals surface area (Å²) in [4.78, 5) is 4.29. The van der Waals surface area contributed by atoms with Gasteiger partial charge in [-0.3, -0.25) is 0 Å². The highest BCUT2D eigenvalue weighted by Crippen LogP contribution is 2.23. The summed E-state index contributed by atoms with van der Waals surface area (Å²) in [6, 6.07) is 8.70. The van der Waals surface area contributed by atoms with Gasteiger partial charge in [-0.05, 0) is 30.5 Å². The number of hydrogen-bond donors (Lipinski definition) is 1. The second-order valence-electron chi connectivity index (χ2n) is 4.24. The second-order valence-corrected chi connectivity index (χ2v) is 4.67. The lowest BCUT2D eigenvalue weighted by atomic mass is 10.1. The van der Waals surface area contributed by atoms with Crippen LogP contribution in [0.1, 0.15) is 24.2 Å². The Morgan fingerprint density at radius 1 is 1.29 bits per heavy atom. The van der Waals surface area contributed by atoms with E-state index < -0.39 is 0 Å². The molecule has 1 aromatic carbocycles. The van der Waals surface area contributed by atoms with Gasteiger partial charge in [-0.15, -0.1) is 0 Å². The SMILES string of the molecule is Clc1ccc(Cc2noc(NC3CC3)n2)cc1. The highest BCUT2D eigenvalue weighted by atomic mass is 35.5. The Morgan fingerprint density at radius 3 is 2.76 bits per heavy atom. The zero-order chi connectivity index (χ0) is 11.7. The molecule has 0 radical (unpaired) electrons. The molecule has 1 aliphatic carbocycles. The smallest absolute Gasteiger partial charge is 0.321 e. The van der Waals surface area contributed by atoms with E-state index in [4.69, 9.17) is 16.1 Å². The standard InChI is InChI=1S/C12H12ClN3O/c13-9-3-1-8(2-4-9)7-11-15-12(17-16-11)14-10-5-6-10/h1-4,10H,5-7H2,(H,14,15,16). The first-order valence-corrected chi connectivity index (χ1v) is 6.01. The molecular formula is C12H12ClN3O. The zero-order valence-corrected chi connectivity index (χ0v) is 9.94. The summed E-state index contributed by atoms with van der Waals surface area (Å²) >= 11 is 5.82. The zero-order valence-electron chi connectivity index (χ0n) is 9.19. The molecule has 5 heteroatoms. The molecular weight excluding hydrogens is 238 g/mol. The van der Waals surface area contributed by atoms with Crippen LogP contribution in [0.4, 0.5) is 6.01 Å². The monoisotopic (exact) mass is 249 g/mol. The van der Waals surface area contributed by atoms with Crippen LogP contribution in [0.3, 0.4) is 0 Å². The van der Waals surface area contributed by atoms with Crippen molar-refractivity contribution in [1.29, 1.82) is 0 Å². The van der Waals surface area contributed by atoms with Crippen molar-refractivity contribution in [3.63, 3.8) is 0 Å². The first-order valence-electron chi connectivity index (χ1n) is 5.63. The molecule has 88 valence electrons. The number of benzene rings is 1. The van der Waals surface area contributed by atoms with Crippen molar-refractivity contribution in [1.82, 2.24) is 10.1 Å². The number of nitrogens with zero attached hydrogens (tertiary/aromatic N) is 2. The fraction of sp³-hybridized carbons (Fsp3) is 0.333. The Bertz CT molecular complexity index is 505. The maximum absolute atomic E-state index is 5.82. The van der Waals surface area contributed by atoms with Crippen LogP contribution in [0.5, 0.6) is 0 Å². The van der Waals surface area contributed by atoms with Crippen molar-refractivity contribution >= 4 is 17.6 Å². The normalized spacial score (nSPS) is 14.9. The van der Waals surface area contributed by atoms with Crippen LogP contribution in [0.2, 0.25) is 5.02 Å². The predicted octanol–water partition coefficient (Wildman–Crippen LogP) is 2.89. The maximum Gasteiger partial charge on any atom is 0.321 e. The van der Waals surface area contributed by atoms with Crippen LogP contribution in [0.15, 0.2) is 28.8 Å². The van der Waals surface area contributed by atoms with E-state index in [1.54, 1.807) is 0 Å². The Morgan fingerprint density at radius 2 is 2.06 bits per heavy atom. The summed E-state index contributed by atoms with van der Waals surface area (Å²) in [5, 5.41) is 7.84. The number of nitrogens with one attached hydrogen (secondary N) is 1. The third kappa shape index (κ3) is 2.77. The van der Waals surface area contributed by atoms with E-state index in [2.05, 4.69) is 15.5 Å². The van der Waals surface area contributed by atoms with Crippen LogP contribution in [0.25, 0.3) is 0 Å². The molecule has 3 rings (SSSR count). The lowest BCUT2D eigenvalue weighted by molar-refractivity contribution is 0.423. The molecule has 1 aromatic heterocycles. The van der Waals surface area contributed by atoms with Gasteiger partial charge in [0, 0.05) is 17.5 Å². The fourth-order valence-electron chi connectivity index (χ4n) is 1.57. The summed E-state index contributed by atoms with van der Waals surface area (Å²) in [5.41, 5.74) is 1.12. The van der Waals surface area contributed by atoms with Gasteiger partial charge >= 0.3 is 6.01 Å². The van der Waals surface area contributed by atoms with Gasteiger partial charge < -0.3 is 9.84 Å². The largest absolute Gasteiger partial charge is 0.335 e. The Balaban J connectivity index is 1.67. The first-order chi connectivity index (χ1) is 8.29. The molecule has 1 saturated carbocycles. The highest BCUT2D eigenvalue weighted by molar-refractivity contribution is 6.30. The van der Waals surface area contributed by atoms with Gasteiger partial charge in [0.2, 0.25) is 0 Å². The van der Waals surface area contributed by atoms with Crippen LogP contribution >= 0.6 is 11.6 Å². The minimum atomic E-state index is 0.525. The van der Waals surface area contributed by atoms with E-state index in [1.165, 1.54) is 12.8 Å². The number of halogens is 1. The molecule has 1 heterocycles. The molecule has 2 aromatic rings. The average molecular weight is 250 g/mol. The maximum atomic E-state index is 5.82. The minimum Gasteiger partial charge on any atom is -0.335 e. The van der Waals surface area contributed by atoms with E-state index in [9.17, 15) is 0 Å². The van der Waals surface area contributed by atoms with Gasteiger partial charge in [-0.2, -0.15) is 4.98 Å². The van der Waals surface area contributed by atoms with Crippen molar-refractivity contribution in [2.24, 2.45) is 0 Å². The van der Waals surface area contributed by atoms with E-state index in [1.807, 2.05) is 24.3 Å². The second kappa shape index (κ2) is 4.37. The Hall–Kier alpha value is -1.55. The molecule has 0 aliphatic heterocycles. The molecule has 1 aliphatic rings. The third-order valence-corrected chi connectivity index (χ3v) is 2.90. The number of aromatic nitrogens is 2. The van der Waals surface area contributed by atoms with Gasteiger partial charge in [-0.25, -0.2) is 0 Å². The summed E-state index contributed by atoms with van der Waals surface area (Å²) in [5.74, 6) is 0.690. The van der Waals surface area contributed by atoms with Gasteiger partial charge in [0.25, 0.3) is 0 Å². The van der Waals surface area contributed by atoms with E-state index >= 15 is 0 Å². The Labute approximate surface area is 104 Å². The molecule has 0 atom stereocenters. The molecule has 0 amide bonds. The molecule has 1 fully saturated rings. The average Bonchev–Trinajstić information content (AvgIpc) is 3.02. The summed E-state index contributed by atoms with van der Waals surface area (Å²) in [6.07, 6.45) is 3.04. The molecule has 0 unspecified atom stereocenters. The van der Waals surface area contributed by atoms with Crippen LogP contribution in [0, 0.1) is 0 Å². The molecule has 1 N–H and O–H groups in total. The molecule has 17 heavy (non-hydrogen) atoms. The van der Waals surface area contributed by atoms with Crippen molar-refractivity contribution < 1.29 is 4.52 Å². The minimum absolute atomic E-state index is 0.525. The van der Waals surface area contributed by atoms with Crippen molar-refractivity contribution in [2.45, 2.75) is 25.3 Å². The first kappa shape index (κ1) is 10.6. The molecule has 0 saturated heterocycles. The molecule has 0 bridgehead atoms.